The highest BCUT2D eigenvalue weighted by Crippen LogP contribution is 2.28. The molecule has 0 spiro atoms. The van der Waals surface area contributed by atoms with E-state index in [2.05, 4.69) is 10.5 Å². The highest BCUT2D eigenvalue weighted by molar-refractivity contribution is 7.89. The number of piperidine rings is 1. The van der Waals surface area contributed by atoms with Crippen molar-refractivity contribution in [3.8, 4) is 0 Å². The number of hydrogen-bond donors (Lipinski definition) is 1. The smallest absolute Gasteiger partial charge is 0.248 e. The molecule has 1 aliphatic rings. The van der Waals surface area contributed by atoms with E-state index < -0.39 is 10.0 Å². The van der Waals surface area contributed by atoms with Crippen molar-refractivity contribution in [2.75, 3.05) is 34.2 Å². The standard InChI is InChI=1S/C15H24N4O4S/c1-11-14(13(23-17-11)7-8-18(3)4)24(21,22)19-9-5-12(6-10-19)15(20)16-2/h7-8,12H,5-6,9-10H2,1-4H3,(H,16,20). The van der Waals surface area contributed by atoms with Gasteiger partial charge in [0.15, 0.2) is 10.7 Å². The molecule has 2 heterocycles. The summed E-state index contributed by atoms with van der Waals surface area (Å²) < 4.78 is 32.5. The second-order valence-corrected chi connectivity index (χ2v) is 7.91. The van der Waals surface area contributed by atoms with Crippen LogP contribution in [0.5, 0.6) is 0 Å². The fourth-order valence-electron chi connectivity index (χ4n) is 2.71. The molecule has 0 aromatic carbocycles. The van der Waals surface area contributed by atoms with E-state index in [1.165, 1.54) is 4.31 Å². The molecule has 1 fully saturated rings. The van der Waals surface area contributed by atoms with Crippen LogP contribution in [0.4, 0.5) is 0 Å². The van der Waals surface area contributed by atoms with Crippen molar-refractivity contribution in [2.24, 2.45) is 5.92 Å². The summed E-state index contributed by atoms with van der Waals surface area (Å²) in [5.41, 5.74) is 0.335. The van der Waals surface area contributed by atoms with Gasteiger partial charge in [-0.1, -0.05) is 5.16 Å². The number of nitrogens with one attached hydrogen (secondary N) is 1. The minimum absolute atomic E-state index is 0.0391. The van der Waals surface area contributed by atoms with Gasteiger partial charge in [-0.2, -0.15) is 4.31 Å². The molecule has 1 aliphatic heterocycles. The molecule has 1 amide bonds. The molecule has 1 aromatic rings. The van der Waals surface area contributed by atoms with E-state index in [-0.39, 0.29) is 22.5 Å². The quantitative estimate of drug-likeness (QED) is 0.833. The van der Waals surface area contributed by atoms with E-state index in [0.717, 1.165) is 0 Å². The summed E-state index contributed by atoms with van der Waals surface area (Å²) in [6, 6.07) is 0. The fourth-order valence-corrected chi connectivity index (χ4v) is 4.43. The predicted octanol–water partition coefficient (Wildman–Crippen LogP) is 0.662. The molecule has 0 atom stereocenters. The van der Waals surface area contributed by atoms with Crippen LogP contribution in [-0.2, 0) is 14.8 Å². The normalized spacial score (nSPS) is 17.3. The van der Waals surface area contributed by atoms with Crippen molar-refractivity contribution in [3.05, 3.63) is 17.7 Å². The molecule has 1 aromatic heterocycles. The molecule has 0 aliphatic carbocycles. The lowest BCUT2D eigenvalue weighted by Gasteiger charge is -2.30. The first-order valence-electron chi connectivity index (χ1n) is 7.80. The molecule has 2 rings (SSSR count). The first-order chi connectivity index (χ1) is 11.3. The molecule has 8 nitrogen and oxygen atoms in total. The lowest BCUT2D eigenvalue weighted by molar-refractivity contribution is -0.125. The highest BCUT2D eigenvalue weighted by Gasteiger charge is 2.35. The maximum absolute atomic E-state index is 13.0. The molecule has 134 valence electrons. The van der Waals surface area contributed by atoms with Crippen molar-refractivity contribution in [2.45, 2.75) is 24.7 Å². The fraction of sp³-hybridized carbons (Fsp3) is 0.600. The number of aryl methyl sites for hydroxylation is 1. The van der Waals surface area contributed by atoms with Crippen LogP contribution in [-0.4, -0.2) is 62.9 Å². The summed E-state index contributed by atoms with van der Waals surface area (Å²) >= 11 is 0. The summed E-state index contributed by atoms with van der Waals surface area (Å²) in [5, 5.41) is 6.41. The SMILES string of the molecule is CNC(=O)C1CCN(S(=O)(=O)c2c(C)noc2C=CN(C)C)CC1. The van der Waals surface area contributed by atoms with Crippen molar-refractivity contribution in [1.29, 1.82) is 0 Å². The van der Waals surface area contributed by atoms with Crippen LogP contribution in [0.15, 0.2) is 15.6 Å². The Bertz CT molecular complexity index is 716. The van der Waals surface area contributed by atoms with Crippen LogP contribution in [0.25, 0.3) is 6.08 Å². The largest absolute Gasteiger partial charge is 0.383 e. The summed E-state index contributed by atoms with van der Waals surface area (Å²) in [7, 11) is 1.55. The Labute approximate surface area is 142 Å². The van der Waals surface area contributed by atoms with E-state index in [9.17, 15) is 13.2 Å². The van der Waals surface area contributed by atoms with E-state index >= 15 is 0 Å². The number of carbonyl (C=O) groups is 1. The third-order valence-electron chi connectivity index (χ3n) is 4.03. The lowest BCUT2D eigenvalue weighted by Crippen LogP contribution is -2.42. The van der Waals surface area contributed by atoms with Crippen molar-refractivity contribution in [1.82, 2.24) is 19.7 Å². The molecule has 0 saturated carbocycles. The molecular formula is C15H24N4O4S. The van der Waals surface area contributed by atoms with Crippen molar-refractivity contribution in [3.63, 3.8) is 0 Å². The van der Waals surface area contributed by atoms with Crippen molar-refractivity contribution >= 4 is 22.0 Å². The van der Waals surface area contributed by atoms with E-state index in [1.54, 1.807) is 31.1 Å². The van der Waals surface area contributed by atoms with E-state index in [4.69, 9.17) is 4.52 Å². The van der Waals surface area contributed by atoms with Crippen LogP contribution in [0, 0.1) is 12.8 Å². The third-order valence-corrected chi connectivity index (χ3v) is 6.08. The summed E-state index contributed by atoms with van der Waals surface area (Å²) in [4.78, 5) is 13.6. The number of sulfonamides is 1. The van der Waals surface area contributed by atoms with Gasteiger partial charge < -0.3 is 14.7 Å². The molecule has 0 unspecified atom stereocenters. The average Bonchev–Trinajstić information content (AvgIpc) is 2.93. The zero-order chi connectivity index (χ0) is 17.9. The number of carbonyl (C=O) groups excluding carboxylic acids is 1. The first-order valence-corrected chi connectivity index (χ1v) is 9.24. The molecule has 0 bridgehead atoms. The van der Waals surface area contributed by atoms with Crippen LogP contribution in [0.2, 0.25) is 0 Å². The Morgan fingerprint density at radius 1 is 1.38 bits per heavy atom. The second kappa shape index (κ2) is 7.35. The number of nitrogens with zero attached hydrogens (tertiary/aromatic N) is 3. The Hall–Kier alpha value is -1.87. The van der Waals surface area contributed by atoms with Crippen molar-refractivity contribution < 1.29 is 17.7 Å². The monoisotopic (exact) mass is 356 g/mol. The minimum Gasteiger partial charge on any atom is -0.383 e. The number of hydrogen-bond acceptors (Lipinski definition) is 6. The maximum atomic E-state index is 13.0. The Kier molecular flexibility index (Phi) is 5.66. The number of amides is 1. The first kappa shape index (κ1) is 18.5. The van der Waals surface area contributed by atoms with Gasteiger partial charge in [-0.05, 0) is 19.8 Å². The molecular weight excluding hydrogens is 332 g/mol. The topological polar surface area (TPSA) is 95.8 Å². The maximum Gasteiger partial charge on any atom is 0.248 e. The van der Waals surface area contributed by atoms with Gasteiger partial charge in [0, 0.05) is 52.4 Å². The van der Waals surface area contributed by atoms with Gasteiger partial charge >= 0.3 is 0 Å². The Morgan fingerprint density at radius 2 is 2.00 bits per heavy atom. The van der Waals surface area contributed by atoms with Gasteiger partial charge in [0.05, 0.1) is 0 Å². The highest BCUT2D eigenvalue weighted by atomic mass is 32.2. The van der Waals surface area contributed by atoms with Gasteiger partial charge in [-0.25, -0.2) is 8.42 Å². The zero-order valence-electron chi connectivity index (χ0n) is 14.4. The second-order valence-electron chi connectivity index (χ2n) is 6.03. The molecule has 0 radical (unpaired) electrons. The van der Waals surface area contributed by atoms with Gasteiger partial charge in [0.1, 0.15) is 5.69 Å². The Morgan fingerprint density at radius 3 is 2.54 bits per heavy atom. The zero-order valence-corrected chi connectivity index (χ0v) is 15.3. The van der Waals surface area contributed by atoms with E-state index in [0.29, 0.717) is 31.6 Å². The molecule has 24 heavy (non-hydrogen) atoms. The van der Waals surface area contributed by atoms with Gasteiger partial charge in [-0.15, -0.1) is 0 Å². The van der Waals surface area contributed by atoms with Gasteiger partial charge in [0.25, 0.3) is 0 Å². The minimum atomic E-state index is -3.71. The van der Waals surface area contributed by atoms with Crippen LogP contribution in [0.3, 0.4) is 0 Å². The van der Waals surface area contributed by atoms with Gasteiger partial charge in [-0.3, -0.25) is 4.79 Å². The van der Waals surface area contributed by atoms with Crippen LogP contribution >= 0.6 is 0 Å². The predicted molar refractivity (Wildman–Crippen MR) is 89.5 cm³/mol. The molecule has 9 heteroatoms. The summed E-state index contributed by atoms with van der Waals surface area (Å²) in [5.74, 6) is 0.0376. The lowest BCUT2D eigenvalue weighted by atomic mass is 9.97. The van der Waals surface area contributed by atoms with Gasteiger partial charge in [0.2, 0.25) is 15.9 Å². The third kappa shape index (κ3) is 3.78. The Balaban J connectivity index is 2.23. The molecule has 1 N–H and O–H groups in total. The number of aromatic nitrogens is 1. The summed E-state index contributed by atoms with van der Waals surface area (Å²) in [6.07, 6.45) is 4.30. The molecule has 1 saturated heterocycles. The van der Waals surface area contributed by atoms with Crippen LogP contribution < -0.4 is 5.32 Å². The van der Waals surface area contributed by atoms with Crippen LogP contribution in [0.1, 0.15) is 24.3 Å². The average molecular weight is 356 g/mol. The summed E-state index contributed by atoms with van der Waals surface area (Å²) in [6.45, 7) is 2.23. The van der Waals surface area contributed by atoms with E-state index in [1.807, 2.05) is 14.1 Å². The number of rotatable bonds is 5.